The molecule has 3 heterocycles. The largest absolute Gasteiger partial charge is 0.275 e. The van der Waals surface area contributed by atoms with Crippen LogP contribution in [0.5, 0.6) is 0 Å². The zero-order valence-corrected chi connectivity index (χ0v) is 15.6. The maximum atomic E-state index is 12.6. The van der Waals surface area contributed by atoms with Crippen LogP contribution in [0.2, 0.25) is 0 Å². The van der Waals surface area contributed by atoms with E-state index in [2.05, 4.69) is 21.6 Å². The molecule has 0 bridgehead atoms. The predicted molar refractivity (Wildman–Crippen MR) is 104 cm³/mol. The summed E-state index contributed by atoms with van der Waals surface area (Å²) in [6.07, 6.45) is 1.68. The Bertz CT molecular complexity index is 1060. The van der Waals surface area contributed by atoms with Crippen molar-refractivity contribution in [3.8, 4) is 0 Å². The van der Waals surface area contributed by atoms with Crippen LogP contribution < -0.4 is 5.48 Å². The Morgan fingerprint density at radius 1 is 1.22 bits per heavy atom. The second-order valence-electron chi connectivity index (χ2n) is 6.14. The number of benzene rings is 1. The van der Waals surface area contributed by atoms with Gasteiger partial charge in [-0.2, -0.15) is 5.10 Å². The van der Waals surface area contributed by atoms with Crippen LogP contribution >= 0.6 is 11.3 Å². The number of hydroxylamine groups is 1. The lowest BCUT2D eigenvalue weighted by Gasteiger charge is -2.08. The maximum absolute atomic E-state index is 12.6. The molecule has 0 unspecified atom stereocenters. The zero-order valence-electron chi connectivity index (χ0n) is 14.8. The van der Waals surface area contributed by atoms with E-state index in [1.165, 1.54) is 4.88 Å². The van der Waals surface area contributed by atoms with Gasteiger partial charge in [0.05, 0.1) is 30.3 Å². The number of hydrogen-bond donors (Lipinski definition) is 1. The van der Waals surface area contributed by atoms with Crippen molar-refractivity contribution >= 4 is 28.3 Å². The predicted octanol–water partition coefficient (Wildman–Crippen LogP) is 3.71. The second-order valence-corrected chi connectivity index (χ2v) is 7.17. The molecule has 6 nitrogen and oxygen atoms in total. The fraction of sp³-hybridized carbons (Fsp3) is 0.150. The van der Waals surface area contributed by atoms with Crippen LogP contribution in [0.3, 0.4) is 0 Å². The molecule has 0 aliphatic rings. The number of carbonyl (C=O) groups excluding carboxylic acids is 1. The van der Waals surface area contributed by atoms with Gasteiger partial charge in [-0.05, 0) is 30.0 Å². The lowest BCUT2D eigenvalue weighted by Crippen LogP contribution is -2.24. The molecule has 4 rings (SSSR count). The highest BCUT2D eigenvalue weighted by Crippen LogP contribution is 2.20. The third kappa shape index (κ3) is 3.89. The van der Waals surface area contributed by atoms with Crippen molar-refractivity contribution in [3.63, 3.8) is 0 Å². The maximum Gasteiger partial charge on any atom is 0.275 e. The van der Waals surface area contributed by atoms with Crippen LogP contribution in [-0.2, 0) is 18.0 Å². The standard InChI is InChI=1S/C20H18N4O2S/c1-14-10-17(20(25)23-26-13-15-6-3-2-4-7-15)18-11-21-24(19(18)22-14)12-16-8-5-9-27-16/h2-11H,12-13H2,1H3,(H,23,25). The van der Waals surface area contributed by atoms with E-state index in [0.29, 0.717) is 29.7 Å². The quantitative estimate of drug-likeness (QED) is 0.519. The van der Waals surface area contributed by atoms with Crippen LogP contribution in [0.15, 0.2) is 60.1 Å². The number of fused-ring (bicyclic) bond motifs is 1. The fourth-order valence-electron chi connectivity index (χ4n) is 2.84. The molecule has 1 N–H and O–H groups in total. The van der Waals surface area contributed by atoms with Gasteiger partial charge in [-0.1, -0.05) is 36.4 Å². The molecule has 4 aromatic rings. The van der Waals surface area contributed by atoms with Crippen molar-refractivity contribution in [3.05, 3.63) is 81.8 Å². The molecule has 27 heavy (non-hydrogen) atoms. The second kappa shape index (κ2) is 7.69. The summed E-state index contributed by atoms with van der Waals surface area (Å²) in [7, 11) is 0. The van der Waals surface area contributed by atoms with Crippen LogP contribution in [0.4, 0.5) is 0 Å². The number of rotatable bonds is 6. The molecule has 0 atom stereocenters. The van der Waals surface area contributed by atoms with E-state index >= 15 is 0 Å². The Kier molecular flexibility index (Phi) is 4.95. The topological polar surface area (TPSA) is 69.0 Å². The normalized spacial score (nSPS) is 11.0. The highest BCUT2D eigenvalue weighted by atomic mass is 32.1. The summed E-state index contributed by atoms with van der Waals surface area (Å²) in [6.45, 7) is 2.80. The molecule has 0 aliphatic carbocycles. The molecule has 0 saturated heterocycles. The lowest BCUT2D eigenvalue weighted by molar-refractivity contribution is 0.0235. The number of aromatic nitrogens is 3. The smallest absolute Gasteiger partial charge is 0.269 e. The number of carbonyl (C=O) groups is 1. The van der Waals surface area contributed by atoms with E-state index < -0.39 is 0 Å². The van der Waals surface area contributed by atoms with Crippen molar-refractivity contribution < 1.29 is 9.63 Å². The van der Waals surface area contributed by atoms with Gasteiger partial charge in [0.15, 0.2) is 5.65 Å². The van der Waals surface area contributed by atoms with Crippen LogP contribution in [-0.4, -0.2) is 20.7 Å². The van der Waals surface area contributed by atoms with Gasteiger partial charge in [0.2, 0.25) is 0 Å². The Hall–Kier alpha value is -3.03. The molecule has 0 radical (unpaired) electrons. The number of aryl methyl sites for hydroxylation is 1. The minimum Gasteiger partial charge on any atom is -0.269 e. The van der Waals surface area contributed by atoms with E-state index in [-0.39, 0.29) is 5.91 Å². The molecule has 0 spiro atoms. The van der Waals surface area contributed by atoms with E-state index in [9.17, 15) is 4.79 Å². The first-order valence-corrected chi connectivity index (χ1v) is 9.40. The molecular formula is C20H18N4O2S. The SMILES string of the molecule is Cc1cc(C(=O)NOCc2ccccc2)c2cnn(Cc3cccs3)c2n1. The summed E-state index contributed by atoms with van der Waals surface area (Å²) in [4.78, 5) is 23.8. The van der Waals surface area contributed by atoms with Crippen LogP contribution in [0.25, 0.3) is 11.0 Å². The van der Waals surface area contributed by atoms with Crippen molar-refractivity contribution in [1.82, 2.24) is 20.2 Å². The third-order valence-corrected chi connectivity index (χ3v) is 4.98. The Morgan fingerprint density at radius 2 is 2.07 bits per heavy atom. The van der Waals surface area contributed by atoms with Gasteiger partial charge in [0, 0.05) is 10.6 Å². The van der Waals surface area contributed by atoms with Crippen LogP contribution in [0.1, 0.15) is 26.5 Å². The first-order chi connectivity index (χ1) is 13.2. The Labute approximate surface area is 160 Å². The molecule has 0 aliphatic heterocycles. The Morgan fingerprint density at radius 3 is 2.85 bits per heavy atom. The molecular weight excluding hydrogens is 360 g/mol. The van der Waals surface area contributed by atoms with Crippen molar-refractivity contribution in [1.29, 1.82) is 0 Å². The number of pyridine rings is 1. The number of nitrogens with zero attached hydrogens (tertiary/aromatic N) is 3. The minimum atomic E-state index is -0.308. The van der Waals surface area contributed by atoms with Gasteiger partial charge in [-0.25, -0.2) is 15.1 Å². The van der Waals surface area contributed by atoms with Crippen molar-refractivity contribution in [2.45, 2.75) is 20.1 Å². The minimum absolute atomic E-state index is 0.303. The summed E-state index contributed by atoms with van der Waals surface area (Å²) in [6, 6.07) is 15.5. The van der Waals surface area contributed by atoms with Gasteiger partial charge >= 0.3 is 0 Å². The van der Waals surface area contributed by atoms with Gasteiger partial charge in [0.25, 0.3) is 5.91 Å². The van der Waals surface area contributed by atoms with Crippen molar-refractivity contribution in [2.75, 3.05) is 0 Å². The van der Waals surface area contributed by atoms with E-state index in [1.54, 1.807) is 23.6 Å². The molecule has 0 saturated carbocycles. The number of nitrogens with one attached hydrogen (secondary N) is 1. The van der Waals surface area contributed by atoms with E-state index in [0.717, 1.165) is 11.3 Å². The molecule has 3 aromatic heterocycles. The van der Waals surface area contributed by atoms with Gasteiger partial charge in [-0.3, -0.25) is 9.63 Å². The highest BCUT2D eigenvalue weighted by Gasteiger charge is 2.16. The van der Waals surface area contributed by atoms with E-state index in [4.69, 9.17) is 4.84 Å². The highest BCUT2D eigenvalue weighted by molar-refractivity contribution is 7.09. The molecule has 1 aromatic carbocycles. The summed E-state index contributed by atoms with van der Waals surface area (Å²) in [5, 5.41) is 7.16. The number of amides is 1. The summed E-state index contributed by atoms with van der Waals surface area (Å²) >= 11 is 1.67. The van der Waals surface area contributed by atoms with Gasteiger partial charge in [-0.15, -0.1) is 11.3 Å². The lowest BCUT2D eigenvalue weighted by atomic mass is 10.1. The zero-order chi connectivity index (χ0) is 18.6. The molecule has 0 fully saturated rings. The fourth-order valence-corrected chi connectivity index (χ4v) is 3.53. The summed E-state index contributed by atoms with van der Waals surface area (Å²) < 4.78 is 1.82. The van der Waals surface area contributed by atoms with E-state index in [1.807, 2.05) is 53.4 Å². The number of hydrogen-bond acceptors (Lipinski definition) is 5. The first-order valence-electron chi connectivity index (χ1n) is 8.52. The molecule has 136 valence electrons. The monoisotopic (exact) mass is 378 g/mol. The summed E-state index contributed by atoms with van der Waals surface area (Å²) in [5.74, 6) is -0.308. The average Bonchev–Trinajstić information content (AvgIpc) is 3.33. The Balaban J connectivity index is 1.54. The third-order valence-electron chi connectivity index (χ3n) is 4.11. The molecule has 1 amide bonds. The number of thiophene rings is 1. The van der Waals surface area contributed by atoms with Gasteiger partial charge < -0.3 is 0 Å². The van der Waals surface area contributed by atoms with Crippen LogP contribution in [0, 0.1) is 6.92 Å². The van der Waals surface area contributed by atoms with Gasteiger partial charge in [0.1, 0.15) is 0 Å². The summed E-state index contributed by atoms with van der Waals surface area (Å²) in [5.41, 5.74) is 5.45. The molecule has 7 heteroatoms. The average molecular weight is 378 g/mol. The first kappa shape index (κ1) is 17.4. The van der Waals surface area contributed by atoms with Crippen molar-refractivity contribution in [2.24, 2.45) is 0 Å².